The van der Waals surface area contributed by atoms with E-state index in [1.165, 1.54) is 29.3 Å². The van der Waals surface area contributed by atoms with Crippen LogP contribution in [0.2, 0.25) is 5.02 Å². The lowest BCUT2D eigenvalue weighted by molar-refractivity contribution is -0.384. The summed E-state index contributed by atoms with van der Waals surface area (Å²) in [6.45, 7) is 0. The molecule has 140 valence electrons. The molecule has 8 heteroatoms. The maximum Gasteiger partial charge on any atom is 0.274 e. The number of non-ortho nitro benzene ring substituents is 1. The molecule has 2 aromatic carbocycles. The van der Waals surface area contributed by atoms with Gasteiger partial charge in [0.1, 0.15) is 0 Å². The number of rotatable bonds is 4. The van der Waals surface area contributed by atoms with E-state index in [1.54, 1.807) is 23.5 Å². The topological polar surface area (TPSA) is 75.8 Å². The van der Waals surface area contributed by atoms with E-state index in [0.717, 1.165) is 16.2 Å². The minimum atomic E-state index is -0.492. The number of nitro benzene ring substituents is 1. The minimum absolute atomic E-state index is 0.0602. The maximum atomic E-state index is 13.1. The number of hydrazone groups is 1. The average molecular weight is 412 g/mol. The molecule has 0 radical (unpaired) electrons. The van der Waals surface area contributed by atoms with Crippen molar-refractivity contribution in [1.29, 1.82) is 0 Å². The second-order valence-corrected chi connectivity index (χ2v) is 7.63. The molecule has 0 fully saturated rings. The van der Waals surface area contributed by atoms with Crippen molar-refractivity contribution < 1.29 is 9.72 Å². The molecule has 0 bridgehead atoms. The Balaban J connectivity index is 1.69. The molecule has 1 aliphatic rings. The van der Waals surface area contributed by atoms with Crippen LogP contribution in [0.3, 0.4) is 0 Å². The lowest BCUT2D eigenvalue weighted by atomic mass is 10.0. The molecule has 3 aromatic rings. The molecule has 28 heavy (non-hydrogen) atoms. The smallest absolute Gasteiger partial charge is 0.267 e. The summed E-state index contributed by atoms with van der Waals surface area (Å²) in [6, 6.07) is 16.6. The number of halogens is 1. The van der Waals surface area contributed by atoms with Crippen molar-refractivity contribution >= 4 is 40.2 Å². The first-order chi connectivity index (χ1) is 13.5. The van der Waals surface area contributed by atoms with Crippen molar-refractivity contribution in [3.05, 3.63) is 97.2 Å². The van der Waals surface area contributed by atoms with Crippen molar-refractivity contribution in [2.24, 2.45) is 5.10 Å². The van der Waals surface area contributed by atoms with Crippen molar-refractivity contribution in [2.75, 3.05) is 0 Å². The fourth-order valence-electron chi connectivity index (χ4n) is 3.09. The van der Waals surface area contributed by atoms with Crippen LogP contribution in [0.1, 0.15) is 33.3 Å². The Bertz CT molecular complexity index is 1050. The van der Waals surface area contributed by atoms with Crippen LogP contribution in [0.25, 0.3) is 0 Å². The Labute approximate surface area is 169 Å². The van der Waals surface area contributed by atoms with Crippen molar-refractivity contribution in [3.63, 3.8) is 0 Å². The van der Waals surface area contributed by atoms with Gasteiger partial charge >= 0.3 is 0 Å². The van der Waals surface area contributed by atoms with Gasteiger partial charge in [-0.25, -0.2) is 5.01 Å². The van der Waals surface area contributed by atoms with Gasteiger partial charge in [-0.05, 0) is 41.3 Å². The molecule has 2 heterocycles. The lowest BCUT2D eigenvalue weighted by Gasteiger charge is -2.22. The van der Waals surface area contributed by atoms with Crippen LogP contribution in [-0.2, 0) is 0 Å². The fourth-order valence-corrected chi connectivity index (χ4v) is 3.94. The maximum absolute atomic E-state index is 13.1. The van der Waals surface area contributed by atoms with Gasteiger partial charge in [-0.15, -0.1) is 11.3 Å². The summed E-state index contributed by atoms with van der Waals surface area (Å²) >= 11 is 7.57. The molecular weight excluding hydrogens is 398 g/mol. The van der Waals surface area contributed by atoms with E-state index in [2.05, 4.69) is 5.10 Å². The number of hydrogen-bond acceptors (Lipinski definition) is 5. The second kappa shape index (κ2) is 7.53. The van der Waals surface area contributed by atoms with Gasteiger partial charge < -0.3 is 0 Å². The molecule has 1 amide bonds. The number of carbonyl (C=O) groups excluding carboxylic acids is 1. The third-order valence-corrected chi connectivity index (χ3v) is 5.67. The normalized spacial score (nSPS) is 16.1. The highest BCUT2D eigenvalue weighted by Crippen LogP contribution is 2.35. The Morgan fingerprint density at radius 2 is 1.86 bits per heavy atom. The third-order valence-electron chi connectivity index (χ3n) is 4.50. The number of carbonyl (C=O) groups is 1. The van der Waals surface area contributed by atoms with E-state index < -0.39 is 4.92 Å². The van der Waals surface area contributed by atoms with Crippen LogP contribution in [-0.4, -0.2) is 21.6 Å². The van der Waals surface area contributed by atoms with Gasteiger partial charge in [-0.2, -0.15) is 5.10 Å². The number of amides is 1. The number of nitrogens with zero attached hydrogens (tertiary/aromatic N) is 3. The van der Waals surface area contributed by atoms with Crippen LogP contribution >= 0.6 is 22.9 Å². The molecule has 0 saturated heterocycles. The molecule has 1 aromatic heterocycles. The summed E-state index contributed by atoms with van der Waals surface area (Å²) in [5.41, 5.74) is 2.05. The van der Waals surface area contributed by atoms with Gasteiger partial charge in [0.2, 0.25) is 0 Å². The number of thiophene rings is 1. The summed E-state index contributed by atoms with van der Waals surface area (Å²) < 4.78 is 0. The highest BCUT2D eigenvalue weighted by atomic mass is 35.5. The molecule has 1 unspecified atom stereocenters. The number of benzene rings is 2. The van der Waals surface area contributed by atoms with Gasteiger partial charge in [0.05, 0.1) is 21.6 Å². The highest BCUT2D eigenvalue weighted by Gasteiger charge is 2.34. The van der Waals surface area contributed by atoms with Crippen LogP contribution < -0.4 is 0 Å². The first kappa shape index (κ1) is 18.3. The summed E-state index contributed by atoms with van der Waals surface area (Å²) in [4.78, 5) is 24.5. The van der Waals surface area contributed by atoms with Crippen molar-refractivity contribution in [1.82, 2.24) is 5.01 Å². The Hall–Kier alpha value is -3.03. The van der Waals surface area contributed by atoms with Crippen LogP contribution in [0.15, 0.2) is 71.1 Å². The van der Waals surface area contributed by atoms with Crippen LogP contribution in [0.4, 0.5) is 5.69 Å². The Morgan fingerprint density at radius 3 is 2.46 bits per heavy atom. The van der Waals surface area contributed by atoms with E-state index in [-0.39, 0.29) is 17.6 Å². The third kappa shape index (κ3) is 3.54. The molecule has 0 spiro atoms. The molecular formula is C20H14ClN3O3S. The fraction of sp³-hybridized carbons (Fsp3) is 0.100. The molecule has 4 rings (SSSR count). The van der Waals surface area contributed by atoms with E-state index in [4.69, 9.17) is 11.6 Å². The quantitative estimate of drug-likeness (QED) is 0.431. The zero-order valence-corrected chi connectivity index (χ0v) is 16.1. The highest BCUT2D eigenvalue weighted by molar-refractivity contribution is 7.12. The first-order valence-electron chi connectivity index (χ1n) is 8.48. The van der Waals surface area contributed by atoms with E-state index in [9.17, 15) is 14.9 Å². The standard InChI is InChI=1S/C20H14ClN3O3S/c21-15-7-3-13(4-8-15)18-12-17(19-2-1-11-28-19)22-23(18)20(25)14-5-9-16(10-6-14)24(26)27/h1-11,18H,12H2. The molecule has 0 saturated carbocycles. The first-order valence-corrected chi connectivity index (χ1v) is 9.73. The van der Waals surface area contributed by atoms with Crippen molar-refractivity contribution in [2.45, 2.75) is 12.5 Å². The van der Waals surface area contributed by atoms with E-state index in [0.29, 0.717) is 17.0 Å². The predicted molar refractivity (Wildman–Crippen MR) is 109 cm³/mol. The Morgan fingerprint density at radius 1 is 1.14 bits per heavy atom. The summed E-state index contributed by atoms with van der Waals surface area (Å²) in [6.07, 6.45) is 0.584. The summed E-state index contributed by atoms with van der Waals surface area (Å²) in [5.74, 6) is -0.304. The van der Waals surface area contributed by atoms with Gasteiger partial charge in [0.15, 0.2) is 0 Å². The minimum Gasteiger partial charge on any atom is -0.267 e. The molecule has 1 aliphatic heterocycles. The predicted octanol–water partition coefficient (Wildman–Crippen LogP) is 5.30. The Kier molecular flexibility index (Phi) is 4.93. The average Bonchev–Trinajstić information content (AvgIpc) is 3.38. The summed E-state index contributed by atoms with van der Waals surface area (Å²) in [5, 5.41) is 19.5. The van der Waals surface area contributed by atoms with E-state index >= 15 is 0 Å². The second-order valence-electron chi connectivity index (χ2n) is 6.25. The lowest BCUT2D eigenvalue weighted by Crippen LogP contribution is -2.27. The van der Waals surface area contributed by atoms with Gasteiger partial charge in [0.25, 0.3) is 11.6 Å². The van der Waals surface area contributed by atoms with Crippen LogP contribution in [0, 0.1) is 10.1 Å². The summed E-state index contributed by atoms with van der Waals surface area (Å²) in [7, 11) is 0. The molecule has 0 N–H and O–H groups in total. The number of hydrogen-bond donors (Lipinski definition) is 0. The van der Waals surface area contributed by atoms with E-state index in [1.807, 2.05) is 29.6 Å². The zero-order valence-electron chi connectivity index (χ0n) is 14.5. The van der Waals surface area contributed by atoms with Gasteiger partial charge in [-0.1, -0.05) is 29.8 Å². The van der Waals surface area contributed by atoms with Gasteiger partial charge in [0, 0.05) is 29.1 Å². The molecule has 0 aliphatic carbocycles. The van der Waals surface area contributed by atoms with Crippen molar-refractivity contribution in [3.8, 4) is 0 Å². The monoisotopic (exact) mass is 411 g/mol. The van der Waals surface area contributed by atoms with Gasteiger partial charge in [-0.3, -0.25) is 14.9 Å². The molecule has 6 nitrogen and oxygen atoms in total. The number of nitro groups is 1. The SMILES string of the molecule is O=C(c1ccc([N+](=O)[O-])cc1)N1N=C(c2cccs2)CC1c1ccc(Cl)cc1. The largest absolute Gasteiger partial charge is 0.274 e. The molecule has 1 atom stereocenters. The van der Waals surface area contributed by atoms with Crippen LogP contribution in [0.5, 0.6) is 0 Å². The zero-order chi connectivity index (χ0) is 19.7.